The fourth-order valence-electron chi connectivity index (χ4n) is 2.09. The molecule has 1 heterocycles. The molecule has 0 unspecified atom stereocenters. The third-order valence-corrected chi connectivity index (χ3v) is 3.14. The molecule has 0 saturated carbocycles. The van der Waals surface area contributed by atoms with Crippen molar-refractivity contribution >= 4 is 34.9 Å². The zero-order valence-electron chi connectivity index (χ0n) is 10.9. The first-order valence-corrected chi connectivity index (χ1v) is 6.09. The third kappa shape index (κ3) is 2.37. The molecule has 0 saturated heterocycles. The Morgan fingerprint density at radius 2 is 2.10 bits per heavy atom. The quantitative estimate of drug-likeness (QED) is 0.424. The number of rotatable bonds is 2. The molecule has 0 spiro atoms. The van der Waals surface area contributed by atoms with Gasteiger partial charge in [0.25, 0.3) is 11.6 Å². The molecular formula is C11H14ClN6O2+. The summed E-state index contributed by atoms with van der Waals surface area (Å²) < 4.78 is 1.60. The fourth-order valence-corrected chi connectivity index (χ4v) is 2.28. The molecule has 8 nitrogen and oxygen atoms in total. The lowest BCUT2D eigenvalue weighted by Crippen LogP contribution is -2.55. The molecule has 0 fully saturated rings. The number of guanidine groups is 2. The summed E-state index contributed by atoms with van der Waals surface area (Å²) in [4.78, 5) is 14.6. The average molecular weight is 298 g/mol. The Morgan fingerprint density at radius 3 is 2.65 bits per heavy atom. The summed E-state index contributed by atoms with van der Waals surface area (Å²) in [5.41, 5.74) is 11.1. The van der Waals surface area contributed by atoms with Crippen LogP contribution in [0.5, 0.6) is 0 Å². The van der Waals surface area contributed by atoms with Crippen molar-refractivity contribution in [3.63, 3.8) is 0 Å². The number of aliphatic imine (C=N–C) groups is 1. The summed E-state index contributed by atoms with van der Waals surface area (Å²) in [6.45, 7) is 3.57. The van der Waals surface area contributed by atoms with Crippen molar-refractivity contribution in [2.75, 3.05) is 0 Å². The van der Waals surface area contributed by atoms with Gasteiger partial charge in [0.1, 0.15) is 10.7 Å². The average Bonchev–Trinajstić information content (AvgIpc) is 2.28. The highest BCUT2D eigenvalue weighted by molar-refractivity contribution is 6.32. The van der Waals surface area contributed by atoms with Crippen LogP contribution in [0.2, 0.25) is 5.02 Å². The van der Waals surface area contributed by atoms with Crippen LogP contribution >= 0.6 is 11.6 Å². The topological polar surface area (TPSA) is 123 Å². The van der Waals surface area contributed by atoms with Crippen molar-refractivity contribution in [1.29, 1.82) is 0 Å². The van der Waals surface area contributed by atoms with E-state index in [2.05, 4.69) is 10.3 Å². The maximum atomic E-state index is 11.0. The second-order valence-electron chi connectivity index (χ2n) is 4.73. The van der Waals surface area contributed by atoms with E-state index >= 15 is 0 Å². The number of benzene rings is 1. The molecule has 0 bridgehead atoms. The van der Waals surface area contributed by atoms with E-state index in [1.54, 1.807) is 24.5 Å². The van der Waals surface area contributed by atoms with E-state index < -0.39 is 10.6 Å². The van der Waals surface area contributed by atoms with E-state index in [0.717, 1.165) is 0 Å². The maximum absolute atomic E-state index is 11.0. The molecule has 1 aliphatic rings. The first-order chi connectivity index (χ1) is 9.22. The van der Waals surface area contributed by atoms with Crippen molar-refractivity contribution in [1.82, 2.24) is 5.32 Å². The Kier molecular flexibility index (Phi) is 3.26. The molecule has 0 radical (unpaired) electrons. The summed E-state index contributed by atoms with van der Waals surface area (Å²) in [7, 11) is 0. The van der Waals surface area contributed by atoms with Gasteiger partial charge < -0.3 is 5.73 Å². The molecule has 2 rings (SSSR count). The van der Waals surface area contributed by atoms with Crippen LogP contribution in [0.1, 0.15) is 13.8 Å². The number of halogens is 1. The summed E-state index contributed by atoms with van der Waals surface area (Å²) in [6.07, 6.45) is 0. The van der Waals surface area contributed by atoms with Crippen LogP contribution in [-0.2, 0) is 0 Å². The van der Waals surface area contributed by atoms with Gasteiger partial charge in [-0.05, 0) is 26.0 Å². The highest BCUT2D eigenvalue weighted by atomic mass is 35.5. The molecule has 0 aromatic heterocycles. The van der Waals surface area contributed by atoms with Crippen LogP contribution in [0, 0.1) is 10.1 Å². The number of nitro groups is 1. The van der Waals surface area contributed by atoms with Crippen molar-refractivity contribution in [3.05, 3.63) is 33.3 Å². The molecule has 5 N–H and O–H groups in total. The predicted molar refractivity (Wildman–Crippen MR) is 76.1 cm³/mol. The lowest BCUT2D eigenvalue weighted by molar-refractivity contribution is -0.527. The number of nitrogens with one attached hydrogen (secondary N) is 1. The largest absolute Gasteiger partial charge is 0.357 e. The number of hydrogen-bond donors (Lipinski definition) is 3. The highest BCUT2D eigenvalue weighted by Gasteiger charge is 2.35. The first kappa shape index (κ1) is 14.1. The smallest absolute Gasteiger partial charge is 0.357 e. The lowest BCUT2D eigenvalue weighted by atomic mass is 10.2. The summed E-state index contributed by atoms with van der Waals surface area (Å²) >= 11 is 5.80. The van der Waals surface area contributed by atoms with Gasteiger partial charge in [0, 0.05) is 0 Å². The van der Waals surface area contributed by atoms with Gasteiger partial charge in [-0.2, -0.15) is 4.99 Å². The normalized spacial score (nSPS) is 17.4. The van der Waals surface area contributed by atoms with E-state index in [1.165, 1.54) is 12.1 Å². The van der Waals surface area contributed by atoms with Gasteiger partial charge >= 0.3 is 5.96 Å². The molecule has 1 aliphatic heterocycles. The van der Waals surface area contributed by atoms with Crippen LogP contribution in [-0.4, -0.2) is 27.1 Å². The number of nitrogens with zero attached hydrogens (tertiary/aromatic N) is 3. The van der Waals surface area contributed by atoms with Crippen molar-refractivity contribution in [2.45, 2.75) is 19.5 Å². The van der Waals surface area contributed by atoms with Gasteiger partial charge in [-0.15, -0.1) is 0 Å². The zero-order chi connectivity index (χ0) is 15.1. The minimum Gasteiger partial charge on any atom is -0.357 e. The number of nitrogens with two attached hydrogens (primary N) is 2. The van der Waals surface area contributed by atoms with E-state index in [0.29, 0.717) is 5.69 Å². The second-order valence-corrected chi connectivity index (χ2v) is 5.14. The molecule has 1 aromatic carbocycles. The van der Waals surface area contributed by atoms with Crippen LogP contribution in [0.15, 0.2) is 23.2 Å². The molecular weight excluding hydrogens is 284 g/mol. The summed E-state index contributed by atoms with van der Waals surface area (Å²) in [6, 6.07) is 4.42. The van der Waals surface area contributed by atoms with Gasteiger partial charge in [0.2, 0.25) is 0 Å². The molecule has 0 atom stereocenters. The summed E-state index contributed by atoms with van der Waals surface area (Å²) in [5.74, 6) is 0.423. The van der Waals surface area contributed by atoms with Gasteiger partial charge in [0.15, 0.2) is 5.66 Å². The Hall–Kier alpha value is -2.35. The van der Waals surface area contributed by atoms with Gasteiger partial charge in [-0.1, -0.05) is 11.6 Å². The van der Waals surface area contributed by atoms with Crippen molar-refractivity contribution in [3.8, 4) is 0 Å². The Labute approximate surface area is 119 Å². The zero-order valence-corrected chi connectivity index (χ0v) is 11.7. The third-order valence-electron chi connectivity index (χ3n) is 2.82. The minimum atomic E-state index is -0.777. The van der Waals surface area contributed by atoms with Crippen LogP contribution < -0.4 is 16.8 Å². The molecule has 0 amide bonds. The maximum Gasteiger partial charge on any atom is 0.357 e. The van der Waals surface area contributed by atoms with E-state index in [9.17, 15) is 10.1 Å². The van der Waals surface area contributed by atoms with E-state index in [1.807, 2.05) is 0 Å². The summed E-state index contributed by atoms with van der Waals surface area (Å²) in [5, 5.41) is 13.7. The van der Waals surface area contributed by atoms with Crippen LogP contribution in [0.3, 0.4) is 0 Å². The monoisotopic (exact) mass is 297 g/mol. The van der Waals surface area contributed by atoms with Gasteiger partial charge in [-0.3, -0.25) is 15.8 Å². The van der Waals surface area contributed by atoms with E-state index in [4.69, 9.17) is 23.1 Å². The Morgan fingerprint density at radius 1 is 1.45 bits per heavy atom. The van der Waals surface area contributed by atoms with Gasteiger partial charge in [0.05, 0.1) is 11.0 Å². The molecule has 1 aromatic rings. The van der Waals surface area contributed by atoms with Crippen LogP contribution in [0.25, 0.3) is 0 Å². The molecule has 20 heavy (non-hydrogen) atoms. The number of hydrogen-bond acceptors (Lipinski definition) is 6. The molecule has 9 heteroatoms. The van der Waals surface area contributed by atoms with Gasteiger partial charge in [-0.25, -0.2) is 9.89 Å². The first-order valence-electron chi connectivity index (χ1n) is 5.71. The Bertz CT molecular complexity index is 652. The van der Waals surface area contributed by atoms with Crippen LogP contribution in [0.4, 0.5) is 11.4 Å². The molecule has 106 valence electrons. The fraction of sp³-hybridized carbons (Fsp3) is 0.273. The SMILES string of the molecule is CC1(C)N=C(N)NC(N)=[N+]1c1ccc(Cl)c([N+](=O)[O-])c1. The predicted octanol–water partition coefficient (Wildman–Crippen LogP) is 0.861. The van der Waals surface area contributed by atoms with Crippen molar-refractivity contribution in [2.24, 2.45) is 16.5 Å². The molecule has 0 aliphatic carbocycles. The standard InChI is InChI=1S/C11H13ClN6O2/c1-11(2)16-9(13)15-10(14)17(11)6-3-4-7(12)8(5-6)18(19)20/h3-5H,1-2H3,(H4,13,14,15,16)/p+1. The highest BCUT2D eigenvalue weighted by Crippen LogP contribution is 2.32. The lowest BCUT2D eigenvalue weighted by Gasteiger charge is -2.28. The minimum absolute atomic E-state index is 0.0584. The Balaban J connectivity index is 2.59. The van der Waals surface area contributed by atoms with E-state index in [-0.39, 0.29) is 22.6 Å². The number of nitro benzene ring substituents is 1. The van der Waals surface area contributed by atoms with Crippen molar-refractivity contribution < 1.29 is 9.50 Å². The second kappa shape index (κ2) is 4.64.